The second-order valence-electron chi connectivity index (χ2n) is 4.67. The van der Waals surface area contributed by atoms with Crippen molar-refractivity contribution in [2.45, 2.75) is 12.8 Å². The molecular weight excluding hydrogens is 295 g/mol. The third-order valence-corrected chi connectivity index (χ3v) is 2.98. The van der Waals surface area contributed by atoms with Crippen LogP contribution in [0.25, 0.3) is 17.2 Å². The lowest BCUT2D eigenvalue weighted by molar-refractivity contribution is 0.0137. The summed E-state index contributed by atoms with van der Waals surface area (Å²) < 4.78 is 41.5. The van der Waals surface area contributed by atoms with E-state index in [2.05, 4.69) is 20.3 Å². The summed E-state index contributed by atoms with van der Waals surface area (Å²) in [7, 11) is 0. The maximum absolute atomic E-state index is 13.5. The summed E-state index contributed by atoms with van der Waals surface area (Å²) in [5.74, 6) is -3.90. The summed E-state index contributed by atoms with van der Waals surface area (Å²) >= 11 is 0. The van der Waals surface area contributed by atoms with E-state index in [0.29, 0.717) is 18.4 Å². The number of hydrogen-bond acceptors (Lipinski definition) is 4. The standard InChI is InChI=1S/C14H10F3N5/c1-14(16,17)10-7-9(3-4-11(10)15)22-8-12(20-21-22)13-18-5-2-6-19-13/h2-8H,1H3. The zero-order chi connectivity index (χ0) is 15.7. The lowest BCUT2D eigenvalue weighted by Gasteiger charge is -2.12. The molecule has 0 spiro atoms. The highest BCUT2D eigenvalue weighted by molar-refractivity contribution is 5.48. The number of rotatable bonds is 3. The number of hydrogen-bond donors (Lipinski definition) is 0. The SMILES string of the molecule is CC(F)(F)c1cc(-n2cc(-c3ncccn3)nn2)ccc1F. The molecule has 2 heterocycles. The van der Waals surface area contributed by atoms with Gasteiger partial charge in [-0.2, -0.15) is 0 Å². The van der Waals surface area contributed by atoms with Crippen LogP contribution in [-0.2, 0) is 5.92 Å². The number of nitrogens with zero attached hydrogens (tertiary/aromatic N) is 5. The van der Waals surface area contributed by atoms with Crippen LogP contribution in [0.1, 0.15) is 12.5 Å². The Kier molecular flexibility index (Phi) is 3.36. The maximum atomic E-state index is 13.5. The number of benzene rings is 1. The summed E-state index contributed by atoms with van der Waals surface area (Å²) in [4.78, 5) is 8.04. The molecule has 0 aliphatic carbocycles. The predicted octanol–water partition coefficient (Wildman–Crippen LogP) is 2.98. The molecule has 0 bridgehead atoms. The Hall–Kier alpha value is -2.77. The van der Waals surface area contributed by atoms with E-state index in [4.69, 9.17) is 0 Å². The highest BCUT2D eigenvalue weighted by atomic mass is 19.3. The first-order valence-corrected chi connectivity index (χ1v) is 6.33. The fourth-order valence-corrected chi connectivity index (χ4v) is 1.92. The van der Waals surface area contributed by atoms with E-state index in [0.717, 1.165) is 12.1 Å². The van der Waals surface area contributed by atoms with Gasteiger partial charge in [0.15, 0.2) is 11.5 Å². The van der Waals surface area contributed by atoms with Crippen molar-refractivity contribution in [1.82, 2.24) is 25.0 Å². The van der Waals surface area contributed by atoms with Crippen molar-refractivity contribution in [3.63, 3.8) is 0 Å². The molecular formula is C14H10F3N5. The minimum absolute atomic E-state index is 0.271. The monoisotopic (exact) mass is 305 g/mol. The van der Waals surface area contributed by atoms with Crippen molar-refractivity contribution in [2.24, 2.45) is 0 Å². The summed E-state index contributed by atoms with van der Waals surface area (Å²) in [5.41, 5.74) is -0.0413. The number of alkyl halides is 2. The molecule has 0 aliphatic rings. The van der Waals surface area contributed by atoms with Gasteiger partial charge in [0.1, 0.15) is 5.82 Å². The average molecular weight is 305 g/mol. The molecule has 0 fully saturated rings. The van der Waals surface area contributed by atoms with E-state index in [9.17, 15) is 13.2 Å². The zero-order valence-corrected chi connectivity index (χ0v) is 11.4. The van der Waals surface area contributed by atoms with Gasteiger partial charge in [-0.05, 0) is 24.3 Å². The van der Waals surface area contributed by atoms with Crippen LogP contribution in [0, 0.1) is 5.82 Å². The van der Waals surface area contributed by atoms with Crippen molar-refractivity contribution in [3.8, 4) is 17.2 Å². The molecule has 1 aromatic carbocycles. The van der Waals surface area contributed by atoms with Crippen LogP contribution in [0.2, 0.25) is 0 Å². The molecule has 0 saturated carbocycles. The smallest absolute Gasteiger partial charge is 0.235 e. The van der Waals surface area contributed by atoms with Gasteiger partial charge >= 0.3 is 0 Å². The van der Waals surface area contributed by atoms with Gasteiger partial charge in [0.2, 0.25) is 0 Å². The number of aromatic nitrogens is 5. The molecule has 0 saturated heterocycles. The molecule has 0 unspecified atom stereocenters. The van der Waals surface area contributed by atoms with Gasteiger partial charge in [-0.25, -0.2) is 27.8 Å². The van der Waals surface area contributed by atoms with E-state index in [-0.39, 0.29) is 5.69 Å². The third kappa shape index (κ3) is 2.67. The first-order valence-electron chi connectivity index (χ1n) is 6.33. The van der Waals surface area contributed by atoms with Crippen LogP contribution in [0.5, 0.6) is 0 Å². The van der Waals surface area contributed by atoms with Gasteiger partial charge in [0, 0.05) is 19.3 Å². The highest BCUT2D eigenvalue weighted by Crippen LogP contribution is 2.30. The molecule has 0 radical (unpaired) electrons. The molecule has 3 aromatic rings. The fourth-order valence-electron chi connectivity index (χ4n) is 1.92. The summed E-state index contributed by atoms with van der Waals surface area (Å²) in [6.07, 6.45) is 4.59. The van der Waals surface area contributed by atoms with Crippen molar-refractivity contribution < 1.29 is 13.2 Å². The quantitative estimate of drug-likeness (QED) is 0.746. The van der Waals surface area contributed by atoms with Crippen LogP contribution >= 0.6 is 0 Å². The lowest BCUT2D eigenvalue weighted by atomic mass is 10.1. The molecule has 5 nitrogen and oxygen atoms in total. The van der Waals surface area contributed by atoms with Gasteiger partial charge in [-0.3, -0.25) is 0 Å². The average Bonchev–Trinajstić information content (AvgIpc) is 2.97. The molecule has 22 heavy (non-hydrogen) atoms. The molecule has 0 amide bonds. The summed E-state index contributed by atoms with van der Waals surface area (Å²) in [6.45, 7) is 0.639. The van der Waals surface area contributed by atoms with Crippen molar-refractivity contribution in [3.05, 3.63) is 54.2 Å². The molecule has 0 aliphatic heterocycles. The van der Waals surface area contributed by atoms with E-state index < -0.39 is 17.3 Å². The normalized spacial score (nSPS) is 11.6. The Balaban J connectivity index is 2.01. The minimum atomic E-state index is -3.29. The van der Waals surface area contributed by atoms with E-state index in [1.165, 1.54) is 16.9 Å². The lowest BCUT2D eigenvalue weighted by Crippen LogP contribution is -2.11. The summed E-state index contributed by atoms with van der Waals surface area (Å²) in [5, 5.41) is 7.72. The fraction of sp³-hybridized carbons (Fsp3) is 0.143. The van der Waals surface area contributed by atoms with Gasteiger partial charge in [0.25, 0.3) is 5.92 Å². The van der Waals surface area contributed by atoms with Gasteiger partial charge < -0.3 is 0 Å². The van der Waals surface area contributed by atoms with Crippen molar-refractivity contribution in [1.29, 1.82) is 0 Å². The molecule has 2 aromatic heterocycles. The van der Waals surface area contributed by atoms with Gasteiger partial charge in [-0.15, -0.1) is 5.10 Å². The second-order valence-corrected chi connectivity index (χ2v) is 4.67. The molecule has 112 valence electrons. The minimum Gasteiger partial charge on any atom is -0.235 e. The number of halogens is 3. The Morgan fingerprint density at radius 3 is 2.55 bits per heavy atom. The Labute approximate surface area is 123 Å². The van der Waals surface area contributed by atoms with Gasteiger partial charge in [-0.1, -0.05) is 5.21 Å². The van der Waals surface area contributed by atoms with Crippen molar-refractivity contribution in [2.75, 3.05) is 0 Å². The maximum Gasteiger partial charge on any atom is 0.273 e. The summed E-state index contributed by atoms with van der Waals surface area (Å²) in [6, 6.07) is 5.01. The molecule has 0 atom stereocenters. The molecule has 3 rings (SSSR count). The Bertz CT molecular complexity index is 796. The molecule has 8 heteroatoms. The third-order valence-electron chi connectivity index (χ3n) is 2.98. The van der Waals surface area contributed by atoms with Crippen molar-refractivity contribution >= 4 is 0 Å². The topological polar surface area (TPSA) is 56.5 Å². The molecule has 0 N–H and O–H groups in total. The van der Waals surface area contributed by atoms with Crippen LogP contribution in [0.4, 0.5) is 13.2 Å². The van der Waals surface area contributed by atoms with Crippen LogP contribution in [-0.4, -0.2) is 25.0 Å². The zero-order valence-electron chi connectivity index (χ0n) is 11.4. The van der Waals surface area contributed by atoms with Crippen LogP contribution in [0.15, 0.2) is 42.9 Å². The van der Waals surface area contributed by atoms with Gasteiger partial charge in [0.05, 0.1) is 17.4 Å². The first kappa shape index (κ1) is 14.2. The van der Waals surface area contributed by atoms with E-state index in [1.807, 2.05) is 0 Å². The highest BCUT2D eigenvalue weighted by Gasteiger charge is 2.28. The van der Waals surface area contributed by atoms with E-state index in [1.54, 1.807) is 18.5 Å². The van der Waals surface area contributed by atoms with Crippen LogP contribution in [0.3, 0.4) is 0 Å². The largest absolute Gasteiger partial charge is 0.273 e. The second kappa shape index (κ2) is 5.21. The van der Waals surface area contributed by atoms with E-state index >= 15 is 0 Å². The van der Waals surface area contributed by atoms with Crippen LogP contribution < -0.4 is 0 Å². The Morgan fingerprint density at radius 2 is 1.86 bits per heavy atom. The predicted molar refractivity (Wildman–Crippen MR) is 71.9 cm³/mol. The Morgan fingerprint density at radius 1 is 1.14 bits per heavy atom. The first-order chi connectivity index (χ1) is 10.4.